The molecule has 0 unspecified atom stereocenters. The van der Waals surface area contributed by atoms with Crippen LogP contribution in [0.25, 0.3) is 21.8 Å². The smallest absolute Gasteiger partial charge is 0.413 e. The predicted molar refractivity (Wildman–Crippen MR) is 131 cm³/mol. The van der Waals surface area contributed by atoms with Crippen molar-refractivity contribution in [1.29, 1.82) is 0 Å². The van der Waals surface area contributed by atoms with Crippen molar-refractivity contribution in [2.45, 2.75) is 64.7 Å². The SMILES string of the molecule is CC(C)(C)OC(=O)Nc1cc2cnn(CCC(F)(F)F)c2cn1.Nc1cc2cnn(CCC(F)(F)F)c2cn1. The summed E-state index contributed by atoms with van der Waals surface area (Å²) in [5.74, 6) is 0.560. The minimum Gasteiger partial charge on any atom is -0.444 e. The van der Waals surface area contributed by atoms with Crippen molar-refractivity contribution in [2.75, 3.05) is 11.1 Å². The minimum absolute atomic E-state index is 0.210. The lowest BCUT2D eigenvalue weighted by Crippen LogP contribution is -2.27. The Morgan fingerprint density at radius 2 is 1.33 bits per heavy atom. The van der Waals surface area contributed by atoms with E-state index in [2.05, 4.69) is 25.5 Å². The van der Waals surface area contributed by atoms with Gasteiger partial charge in [-0.05, 0) is 32.9 Å². The van der Waals surface area contributed by atoms with E-state index in [-0.39, 0.29) is 18.9 Å². The lowest BCUT2D eigenvalue weighted by atomic mass is 10.2. The Balaban J connectivity index is 0.000000230. The summed E-state index contributed by atoms with van der Waals surface area (Å²) in [5.41, 5.74) is 5.82. The summed E-state index contributed by atoms with van der Waals surface area (Å²) < 4.78 is 80.5. The number of carbonyl (C=O) groups excluding carboxylic acids is 1. The molecule has 0 aliphatic carbocycles. The van der Waals surface area contributed by atoms with Crippen LogP contribution in [-0.4, -0.2) is 53.6 Å². The van der Waals surface area contributed by atoms with Crippen molar-refractivity contribution in [3.63, 3.8) is 0 Å². The van der Waals surface area contributed by atoms with Crippen LogP contribution in [0.4, 0.5) is 42.8 Å². The zero-order valence-electron chi connectivity index (χ0n) is 21.1. The quantitative estimate of drug-likeness (QED) is 0.300. The van der Waals surface area contributed by atoms with Crippen LogP contribution in [0.2, 0.25) is 0 Å². The summed E-state index contributed by atoms with van der Waals surface area (Å²) >= 11 is 0. The van der Waals surface area contributed by atoms with Crippen LogP contribution < -0.4 is 11.1 Å². The van der Waals surface area contributed by atoms with Crippen molar-refractivity contribution in [3.8, 4) is 0 Å². The summed E-state index contributed by atoms with van der Waals surface area (Å²) in [7, 11) is 0. The number of aromatic nitrogens is 6. The van der Waals surface area contributed by atoms with E-state index in [9.17, 15) is 31.1 Å². The number of nitrogen functional groups attached to an aromatic ring is 1. The molecule has 0 saturated heterocycles. The fourth-order valence-corrected chi connectivity index (χ4v) is 3.27. The predicted octanol–water partition coefficient (Wildman–Crippen LogP) is 5.70. The molecule has 39 heavy (non-hydrogen) atoms. The number of amides is 1. The summed E-state index contributed by atoms with van der Waals surface area (Å²) in [5, 5.41) is 11.5. The van der Waals surface area contributed by atoms with Gasteiger partial charge in [-0.1, -0.05) is 0 Å². The van der Waals surface area contributed by atoms with Gasteiger partial charge in [-0.3, -0.25) is 14.7 Å². The normalized spacial score (nSPS) is 12.3. The van der Waals surface area contributed by atoms with Gasteiger partial charge in [-0.2, -0.15) is 36.5 Å². The number of halogens is 6. The highest BCUT2D eigenvalue weighted by Crippen LogP contribution is 2.24. The van der Waals surface area contributed by atoms with Crippen molar-refractivity contribution >= 4 is 39.5 Å². The second-order valence-electron chi connectivity index (χ2n) is 9.39. The van der Waals surface area contributed by atoms with Crippen LogP contribution in [-0.2, 0) is 17.8 Å². The van der Waals surface area contributed by atoms with E-state index in [1.807, 2.05) is 0 Å². The Hall–Kier alpha value is -4.11. The highest BCUT2D eigenvalue weighted by atomic mass is 19.4. The van der Waals surface area contributed by atoms with Gasteiger partial charge in [0.25, 0.3) is 0 Å². The molecule has 0 atom stereocenters. The molecule has 0 saturated carbocycles. The maximum absolute atomic E-state index is 12.3. The van der Waals surface area contributed by atoms with Gasteiger partial charge in [-0.15, -0.1) is 0 Å². The number of nitrogens with one attached hydrogen (secondary N) is 1. The fraction of sp³-hybridized carbons (Fsp3) is 0.435. The third kappa shape index (κ3) is 9.30. The molecule has 4 aromatic heterocycles. The molecule has 212 valence electrons. The van der Waals surface area contributed by atoms with Crippen LogP contribution in [0.1, 0.15) is 33.6 Å². The fourth-order valence-electron chi connectivity index (χ4n) is 3.27. The van der Waals surface area contributed by atoms with Gasteiger partial charge in [0.15, 0.2) is 0 Å². The molecule has 0 bridgehead atoms. The van der Waals surface area contributed by atoms with Crippen molar-refractivity contribution in [1.82, 2.24) is 29.5 Å². The zero-order valence-corrected chi connectivity index (χ0v) is 21.1. The topological polar surface area (TPSA) is 126 Å². The van der Waals surface area contributed by atoms with E-state index < -0.39 is 36.9 Å². The van der Waals surface area contributed by atoms with Crippen LogP contribution >= 0.6 is 0 Å². The van der Waals surface area contributed by atoms with E-state index in [1.165, 1.54) is 40.2 Å². The number of fused-ring (bicyclic) bond motifs is 2. The first-order chi connectivity index (χ1) is 18.0. The molecule has 0 aromatic carbocycles. The van der Waals surface area contributed by atoms with Gasteiger partial charge < -0.3 is 10.5 Å². The Labute approximate surface area is 218 Å². The van der Waals surface area contributed by atoms with Gasteiger partial charge in [0, 0.05) is 10.8 Å². The summed E-state index contributed by atoms with van der Waals surface area (Å²) in [6.07, 6.45) is -5.27. The van der Waals surface area contributed by atoms with Gasteiger partial charge in [0.2, 0.25) is 0 Å². The first-order valence-corrected chi connectivity index (χ1v) is 11.5. The third-order valence-electron chi connectivity index (χ3n) is 4.92. The lowest BCUT2D eigenvalue weighted by Gasteiger charge is -2.19. The number of nitrogens with two attached hydrogens (primary N) is 1. The number of hydrogen-bond donors (Lipinski definition) is 2. The molecule has 10 nitrogen and oxygen atoms in total. The first kappa shape index (κ1) is 29.4. The number of rotatable bonds is 5. The number of carbonyl (C=O) groups is 1. The monoisotopic (exact) mass is 560 g/mol. The molecule has 4 rings (SSSR count). The number of aryl methyl sites for hydroxylation is 2. The second-order valence-corrected chi connectivity index (χ2v) is 9.39. The molecule has 4 aromatic rings. The molecule has 3 N–H and O–H groups in total. The molecule has 0 fully saturated rings. The molecule has 4 heterocycles. The second kappa shape index (κ2) is 11.3. The Morgan fingerprint density at radius 1 is 0.846 bits per heavy atom. The first-order valence-electron chi connectivity index (χ1n) is 11.5. The largest absolute Gasteiger partial charge is 0.444 e. The average molecular weight is 561 g/mol. The molecule has 0 radical (unpaired) electrons. The van der Waals surface area contributed by atoms with Gasteiger partial charge in [0.1, 0.15) is 17.2 Å². The zero-order chi connectivity index (χ0) is 29.0. The van der Waals surface area contributed by atoms with E-state index in [4.69, 9.17) is 10.5 Å². The minimum atomic E-state index is -4.25. The lowest BCUT2D eigenvalue weighted by molar-refractivity contribution is -0.137. The van der Waals surface area contributed by atoms with Crippen LogP contribution in [0, 0.1) is 0 Å². The number of ether oxygens (including phenoxy) is 1. The van der Waals surface area contributed by atoms with Gasteiger partial charge in [-0.25, -0.2) is 14.8 Å². The molecule has 0 spiro atoms. The van der Waals surface area contributed by atoms with E-state index in [0.717, 1.165) is 0 Å². The molecular weight excluding hydrogens is 534 g/mol. The molecule has 0 aliphatic rings. The summed E-state index contributed by atoms with van der Waals surface area (Å²) in [4.78, 5) is 19.5. The summed E-state index contributed by atoms with van der Waals surface area (Å²) in [6, 6.07) is 3.10. The third-order valence-corrected chi connectivity index (χ3v) is 4.92. The maximum atomic E-state index is 12.3. The number of anilines is 2. The Morgan fingerprint density at radius 3 is 1.82 bits per heavy atom. The highest BCUT2D eigenvalue weighted by molar-refractivity contribution is 5.88. The van der Waals surface area contributed by atoms with Crippen molar-refractivity contribution < 1.29 is 35.9 Å². The Kier molecular flexibility index (Phi) is 8.55. The van der Waals surface area contributed by atoms with Gasteiger partial charge >= 0.3 is 18.4 Å². The number of hydrogen-bond acceptors (Lipinski definition) is 7. The number of pyridine rings is 2. The van der Waals surface area contributed by atoms with Crippen LogP contribution in [0.3, 0.4) is 0 Å². The molecule has 1 amide bonds. The standard InChI is InChI=1S/C14H17F3N4O2.C9H9F3N4/c1-13(2,3)23-12(22)20-11-6-9-7-19-21(10(9)8-18-11)5-4-14(15,16)17;10-9(11,12)1-2-16-7-5-14-8(13)3-6(7)4-15-16/h6-8H,4-5H2,1-3H3,(H,18,20,22);3-5H,1-2H2,(H2,13,14). The van der Waals surface area contributed by atoms with Gasteiger partial charge in [0.05, 0.1) is 61.8 Å². The van der Waals surface area contributed by atoms with E-state index in [0.29, 0.717) is 27.6 Å². The van der Waals surface area contributed by atoms with E-state index in [1.54, 1.807) is 26.8 Å². The van der Waals surface area contributed by atoms with Crippen LogP contribution in [0.5, 0.6) is 0 Å². The van der Waals surface area contributed by atoms with E-state index >= 15 is 0 Å². The molecule has 0 aliphatic heterocycles. The number of nitrogens with zero attached hydrogens (tertiary/aromatic N) is 6. The maximum Gasteiger partial charge on any atom is 0.413 e. The summed E-state index contributed by atoms with van der Waals surface area (Å²) in [6.45, 7) is 4.70. The Bertz CT molecular complexity index is 1420. The molecular formula is C23H26F6N8O2. The van der Waals surface area contributed by atoms with Crippen molar-refractivity contribution in [3.05, 3.63) is 36.9 Å². The average Bonchev–Trinajstić information content (AvgIpc) is 3.37. The van der Waals surface area contributed by atoms with Crippen molar-refractivity contribution in [2.24, 2.45) is 0 Å². The number of alkyl halides is 6. The van der Waals surface area contributed by atoms with Crippen LogP contribution in [0.15, 0.2) is 36.9 Å². The highest BCUT2D eigenvalue weighted by Gasteiger charge is 2.28. The molecule has 16 heteroatoms.